The Hall–Kier alpha value is -1.45. The zero-order chi connectivity index (χ0) is 16.5. The molecule has 0 radical (unpaired) electrons. The predicted molar refractivity (Wildman–Crippen MR) is 84.1 cm³/mol. The quantitative estimate of drug-likeness (QED) is 0.825. The molecule has 0 spiro atoms. The third-order valence-electron chi connectivity index (χ3n) is 3.58. The van der Waals surface area contributed by atoms with E-state index in [1.807, 2.05) is 12.3 Å². The number of carbonyl (C=O) groups excluding carboxylic acids is 2. The van der Waals surface area contributed by atoms with Gasteiger partial charge >= 0.3 is 0 Å². The van der Waals surface area contributed by atoms with Gasteiger partial charge in [-0.3, -0.25) is 9.59 Å². The van der Waals surface area contributed by atoms with Crippen LogP contribution < -0.4 is 5.73 Å². The van der Waals surface area contributed by atoms with Crippen LogP contribution in [0.2, 0.25) is 0 Å². The maximum Gasteiger partial charge on any atom is 0.263 e. The zero-order valence-electron chi connectivity index (χ0n) is 12.5. The van der Waals surface area contributed by atoms with Crippen LogP contribution in [0.1, 0.15) is 15.2 Å². The summed E-state index contributed by atoms with van der Waals surface area (Å²) in [5.74, 6) is -1.50. The molecule has 2 heterocycles. The minimum absolute atomic E-state index is 0.0153. The SMILES string of the molecule is Cc1csc(C(=O)N2CCN(S(C)(=O)=O)CC(C(N)=O)C2)c1. The van der Waals surface area contributed by atoms with E-state index in [1.165, 1.54) is 20.5 Å². The number of sulfonamides is 1. The van der Waals surface area contributed by atoms with Crippen molar-refractivity contribution in [3.8, 4) is 0 Å². The van der Waals surface area contributed by atoms with Gasteiger partial charge in [0.05, 0.1) is 17.1 Å². The normalized spacial score (nSPS) is 20.6. The van der Waals surface area contributed by atoms with Crippen molar-refractivity contribution in [3.63, 3.8) is 0 Å². The molecule has 2 rings (SSSR count). The molecular formula is C13H19N3O4S2. The molecule has 7 nitrogen and oxygen atoms in total. The van der Waals surface area contributed by atoms with Crippen LogP contribution in [0.5, 0.6) is 0 Å². The molecule has 1 unspecified atom stereocenters. The van der Waals surface area contributed by atoms with E-state index < -0.39 is 21.8 Å². The number of nitrogens with two attached hydrogens (primary N) is 1. The molecule has 2 N–H and O–H groups in total. The number of thiophene rings is 1. The first-order valence-electron chi connectivity index (χ1n) is 6.77. The van der Waals surface area contributed by atoms with Crippen LogP contribution >= 0.6 is 11.3 Å². The second-order valence-corrected chi connectivity index (χ2v) is 8.35. The first-order chi connectivity index (χ1) is 10.2. The van der Waals surface area contributed by atoms with Crippen molar-refractivity contribution >= 4 is 33.2 Å². The molecule has 1 aromatic heterocycles. The Morgan fingerprint density at radius 3 is 2.50 bits per heavy atom. The van der Waals surface area contributed by atoms with Crippen LogP contribution in [0.4, 0.5) is 0 Å². The van der Waals surface area contributed by atoms with E-state index in [0.29, 0.717) is 4.88 Å². The van der Waals surface area contributed by atoms with Gasteiger partial charge in [-0.05, 0) is 23.9 Å². The Morgan fingerprint density at radius 1 is 1.32 bits per heavy atom. The van der Waals surface area contributed by atoms with Gasteiger partial charge in [0.1, 0.15) is 0 Å². The molecule has 1 saturated heterocycles. The fraction of sp³-hybridized carbons (Fsp3) is 0.538. The van der Waals surface area contributed by atoms with E-state index in [0.717, 1.165) is 11.8 Å². The second-order valence-electron chi connectivity index (χ2n) is 5.46. The van der Waals surface area contributed by atoms with Crippen LogP contribution in [0.3, 0.4) is 0 Å². The summed E-state index contributed by atoms with van der Waals surface area (Å²) in [6.07, 6.45) is 1.09. The van der Waals surface area contributed by atoms with Gasteiger partial charge < -0.3 is 10.6 Å². The highest BCUT2D eigenvalue weighted by Crippen LogP contribution is 2.19. The molecule has 0 aromatic carbocycles. The lowest BCUT2D eigenvalue weighted by molar-refractivity contribution is -0.122. The molecule has 0 saturated carbocycles. The summed E-state index contributed by atoms with van der Waals surface area (Å²) in [7, 11) is -3.44. The average Bonchev–Trinajstić information content (AvgIpc) is 2.72. The number of rotatable bonds is 3. The molecule has 1 fully saturated rings. The molecular weight excluding hydrogens is 326 g/mol. The summed E-state index contributed by atoms with van der Waals surface area (Å²) >= 11 is 1.33. The highest BCUT2D eigenvalue weighted by molar-refractivity contribution is 7.88. The van der Waals surface area contributed by atoms with E-state index in [2.05, 4.69) is 0 Å². The summed E-state index contributed by atoms with van der Waals surface area (Å²) in [6.45, 7) is 2.46. The van der Waals surface area contributed by atoms with E-state index in [9.17, 15) is 18.0 Å². The Balaban J connectivity index is 2.23. The Bertz CT molecular complexity index is 683. The van der Waals surface area contributed by atoms with Crippen molar-refractivity contribution in [1.82, 2.24) is 9.21 Å². The predicted octanol–water partition coefficient (Wildman–Crippen LogP) is -0.125. The molecule has 1 aliphatic heterocycles. The summed E-state index contributed by atoms with van der Waals surface area (Å²) < 4.78 is 24.7. The van der Waals surface area contributed by atoms with E-state index in [4.69, 9.17) is 5.73 Å². The fourth-order valence-electron chi connectivity index (χ4n) is 2.35. The average molecular weight is 345 g/mol. The van der Waals surface area contributed by atoms with Gasteiger partial charge in [-0.1, -0.05) is 0 Å². The lowest BCUT2D eigenvalue weighted by Crippen LogP contribution is -2.40. The summed E-state index contributed by atoms with van der Waals surface area (Å²) in [6, 6.07) is 1.78. The molecule has 22 heavy (non-hydrogen) atoms. The fourth-order valence-corrected chi connectivity index (χ4v) is 4.08. The van der Waals surface area contributed by atoms with E-state index in [-0.39, 0.29) is 32.1 Å². The van der Waals surface area contributed by atoms with Gasteiger partial charge in [0.2, 0.25) is 15.9 Å². The highest BCUT2D eigenvalue weighted by Gasteiger charge is 2.32. The van der Waals surface area contributed by atoms with Crippen LogP contribution in [-0.2, 0) is 14.8 Å². The monoisotopic (exact) mass is 345 g/mol. The molecule has 1 atom stereocenters. The van der Waals surface area contributed by atoms with Gasteiger partial charge in [0.15, 0.2) is 0 Å². The minimum Gasteiger partial charge on any atom is -0.369 e. The molecule has 0 aliphatic carbocycles. The van der Waals surface area contributed by atoms with Crippen molar-refractivity contribution in [1.29, 1.82) is 0 Å². The lowest BCUT2D eigenvalue weighted by Gasteiger charge is -2.21. The van der Waals surface area contributed by atoms with Gasteiger partial charge in [-0.15, -0.1) is 11.3 Å². The minimum atomic E-state index is -3.44. The van der Waals surface area contributed by atoms with Crippen LogP contribution in [0.25, 0.3) is 0 Å². The first-order valence-corrected chi connectivity index (χ1v) is 9.50. The van der Waals surface area contributed by atoms with Crippen molar-refractivity contribution in [2.24, 2.45) is 11.7 Å². The van der Waals surface area contributed by atoms with Crippen molar-refractivity contribution in [3.05, 3.63) is 21.9 Å². The smallest absolute Gasteiger partial charge is 0.263 e. The maximum absolute atomic E-state index is 12.5. The number of carbonyl (C=O) groups is 2. The molecule has 9 heteroatoms. The number of primary amides is 1. The third kappa shape index (κ3) is 3.84. The van der Waals surface area contributed by atoms with Crippen molar-refractivity contribution < 1.29 is 18.0 Å². The molecule has 0 bridgehead atoms. The largest absolute Gasteiger partial charge is 0.369 e. The standard InChI is InChI=1S/C13H19N3O4S2/c1-9-5-11(21-8-9)13(18)15-3-4-16(22(2,19)20)7-10(6-15)12(14)17/h5,8,10H,3-4,6-7H2,1-2H3,(H2,14,17). The maximum atomic E-state index is 12.5. The topological polar surface area (TPSA) is 101 Å². The summed E-state index contributed by atoms with van der Waals surface area (Å²) in [5, 5.41) is 1.87. The second kappa shape index (κ2) is 6.35. The van der Waals surface area contributed by atoms with E-state index in [1.54, 1.807) is 6.07 Å². The van der Waals surface area contributed by atoms with Crippen LogP contribution in [-0.4, -0.2) is 61.9 Å². The number of nitrogens with zero attached hydrogens (tertiary/aromatic N) is 2. The summed E-state index contributed by atoms with van der Waals surface area (Å²) in [4.78, 5) is 26.1. The van der Waals surface area contributed by atoms with Gasteiger partial charge in [-0.2, -0.15) is 4.31 Å². The third-order valence-corrected chi connectivity index (χ3v) is 5.89. The van der Waals surface area contributed by atoms with Gasteiger partial charge in [-0.25, -0.2) is 8.42 Å². The zero-order valence-corrected chi connectivity index (χ0v) is 14.1. The number of aryl methyl sites for hydroxylation is 1. The van der Waals surface area contributed by atoms with E-state index >= 15 is 0 Å². The van der Waals surface area contributed by atoms with Gasteiger partial charge in [0, 0.05) is 26.2 Å². The first kappa shape index (κ1) is 16.9. The molecule has 1 aliphatic rings. The lowest BCUT2D eigenvalue weighted by atomic mass is 10.1. The number of hydrogen-bond acceptors (Lipinski definition) is 5. The highest BCUT2D eigenvalue weighted by atomic mass is 32.2. The Labute approximate surface area is 133 Å². The Morgan fingerprint density at radius 2 is 2.00 bits per heavy atom. The molecule has 122 valence electrons. The van der Waals surface area contributed by atoms with Crippen molar-refractivity contribution in [2.45, 2.75) is 6.92 Å². The van der Waals surface area contributed by atoms with Crippen LogP contribution in [0.15, 0.2) is 11.4 Å². The Kier molecular flexibility index (Phi) is 4.88. The van der Waals surface area contributed by atoms with Crippen LogP contribution in [0, 0.1) is 12.8 Å². The van der Waals surface area contributed by atoms with Gasteiger partial charge in [0.25, 0.3) is 5.91 Å². The summed E-state index contributed by atoms with van der Waals surface area (Å²) in [5.41, 5.74) is 6.34. The van der Waals surface area contributed by atoms with Crippen molar-refractivity contribution in [2.75, 3.05) is 32.4 Å². The molecule has 2 amide bonds. The molecule has 1 aromatic rings. The number of hydrogen-bond donors (Lipinski definition) is 1. The number of amides is 2.